The predicted octanol–water partition coefficient (Wildman–Crippen LogP) is 4.78. The molecule has 29 heavy (non-hydrogen) atoms. The molecule has 4 rings (SSSR count). The number of hydrogen-bond donors (Lipinski definition) is 2. The van der Waals surface area contributed by atoms with Gasteiger partial charge in [-0.1, -0.05) is 18.2 Å². The molecule has 3 N–H and O–H groups in total. The number of methoxy groups -OCH3 is 1. The summed E-state index contributed by atoms with van der Waals surface area (Å²) in [6, 6.07) is 16.4. The molecule has 0 radical (unpaired) electrons. The molecule has 8 heteroatoms. The summed E-state index contributed by atoms with van der Waals surface area (Å²) < 4.78 is 35.2. The summed E-state index contributed by atoms with van der Waals surface area (Å²) in [5, 5.41) is 2.70. The fourth-order valence-corrected chi connectivity index (χ4v) is 5.49. The first-order valence-electron chi connectivity index (χ1n) is 9.07. The second-order valence-electron chi connectivity index (χ2n) is 6.50. The molecule has 2 aromatic carbocycles. The minimum absolute atomic E-state index is 0.283. The number of anilines is 2. The molecule has 0 bridgehead atoms. The molecule has 0 aliphatic carbocycles. The van der Waals surface area contributed by atoms with E-state index in [0.717, 1.165) is 34.5 Å². The third-order valence-corrected chi connectivity index (χ3v) is 7.58. The van der Waals surface area contributed by atoms with Crippen LogP contribution in [0, 0.1) is 0 Å². The quantitative estimate of drug-likeness (QED) is 0.464. The Labute approximate surface area is 173 Å². The minimum Gasteiger partial charge on any atom is -0.497 e. The molecule has 2 aromatic heterocycles. The number of fused-ring (bicyclic) bond motifs is 1. The maximum atomic E-state index is 12.4. The Hall–Kier alpha value is -2.97. The highest BCUT2D eigenvalue weighted by Crippen LogP contribution is 2.38. The minimum atomic E-state index is -3.57. The lowest BCUT2D eigenvalue weighted by Crippen LogP contribution is -2.11. The largest absolute Gasteiger partial charge is 0.497 e. The molecule has 2 heterocycles. The van der Waals surface area contributed by atoms with E-state index in [0.29, 0.717) is 11.4 Å². The highest BCUT2D eigenvalue weighted by molar-refractivity contribution is 7.94. The van der Waals surface area contributed by atoms with Crippen molar-refractivity contribution in [2.75, 3.05) is 17.6 Å². The van der Waals surface area contributed by atoms with Crippen LogP contribution in [-0.2, 0) is 16.6 Å². The van der Waals surface area contributed by atoms with Gasteiger partial charge in [-0.3, -0.25) is 4.72 Å². The molecule has 0 atom stereocenters. The van der Waals surface area contributed by atoms with Crippen LogP contribution >= 0.6 is 11.3 Å². The topological polar surface area (TPSA) is 86.4 Å². The summed E-state index contributed by atoms with van der Waals surface area (Å²) in [5.41, 5.74) is 10.5. The molecule has 0 amide bonds. The van der Waals surface area contributed by atoms with Crippen LogP contribution in [0.3, 0.4) is 0 Å². The summed E-state index contributed by atoms with van der Waals surface area (Å²) in [7, 11) is -1.93. The van der Waals surface area contributed by atoms with E-state index in [9.17, 15) is 8.42 Å². The lowest BCUT2D eigenvalue weighted by Gasteiger charge is -2.11. The zero-order chi connectivity index (χ0) is 20.6. The Balaban J connectivity index is 1.72. The first-order valence-corrected chi connectivity index (χ1v) is 11.4. The molecule has 0 aliphatic rings. The van der Waals surface area contributed by atoms with E-state index in [1.54, 1.807) is 36.8 Å². The van der Waals surface area contributed by atoms with Gasteiger partial charge >= 0.3 is 0 Å². The molecular weight excluding hydrogens is 406 g/mol. The monoisotopic (exact) mass is 427 g/mol. The molecule has 0 saturated carbocycles. The molecule has 6 nitrogen and oxygen atoms in total. The summed E-state index contributed by atoms with van der Waals surface area (Å²) in [4.78, 5) is 0. The molecular formula is C21H21N3O3S2. The van der Waals surface area contributed by atoms with Crippen LogP contribution in [-0.4, -0.2) is 20.1 Å². The molecule has 0 aliphatic heterocycles. The summed E-state index contributed by atoms with van der Waals surface area (Å²) >= 11 is 1.18. The van der Waals surface area contributed by atoms with Gasteiger partial charge in [0, 0.05) is 29.2 Å². The van der Waals surface area contributed by atoms with Gasteiger partial charge in [-0.2, -0.15) is 0 Å². The van der Waals surface area contributed by atoms with Gasteiger partial charge in [-0.05, 0) is 42.6 Å². The maximum absolute atomic E-state index is 12.4. The number of nitrogens with zero attached hydrogens (tertiary/aromatic N) is 1. The van der Waals surface area contributed by atoms with Crippen molar-refractivity contribution in [1.29, 1.82) is 0 Å². The lowest BCUT2D eigenvalue weighted by molar-refractivity contribution is 0.415. The van der Waals surface area contributed by atoms with Crippen LogP contribution < -0.4 is 15.2 Å². The highest BCUT2D eigenvalue weighted by Gasteiger charge is 2.18. The van der Waals surface area contributed by atoms with E-state index >= 15 is 0 Å². The van der Waals surface area contributed by atoms with E-state index in [4.69, 9.17) is 10.5 Å². The van der Waals surface area contributed by atoms with E-state index in [1.807, 2.05) is 30.3 Å². The van der Waals surface area contributed by atoms with E-state index in [-0.39, 0.29) is 4.21 Å². The summed E-state index contributed by atoms with van der Waals surface area (Å²) in [5.74, 6) is 0.773. The van der Waals surface area contributed by atoms with E-state index < -0.39 is 10.0 Å². The number of nitrogen functional groups attached to an aromatic ring is 1. The first kappa shape index (κ1) is 19.4. The number of aromatic nitrogens is 1. The number of aryl methyl sites for hydroxylation is 1. The van der Waals surface area contributed by atoms with Gasteiger partial charge in [-0.15, -0.1) is 11.3 Å². The van der Waals surface area contributed by atoms with Crippen LogP contribution in [0.1, 0.15) is 6.92 Å². The molecule has 0 saturated heterocycles. The van der Waals surface area contributed by atoms with Crippen molar-refractivity contribution in [3.05, 3.63) is 60.0 Å². The Morgan fingerprint density at radius 1 is 1.14 bits per heavy atom. The standard InChI is InChI=1S/C21H21N3O3S2/c1-3-24-18-13-16(27-2)10-11-17(18)20(22)21(24)14-6-8-15(9-7-14)23-29(25,26)19-5-4-12-28-19/h4-13,23H,3,22H2,1-2H3. The van der Waals surface area contributed by atoms with Crippen molar-refractivity contribution in [2.24, 2.45) is 0 Å². The highest BCUT2D eigenvalue weighted by atomic mass is 32.2. The fourth-order valence-electron chi connectivity index (χ4n) is 3.44. The number of ether oxygens (including phenoxy) is 1. The van der Waals surface area contributed by atoms with Gasteiger partial charge in [0.1, 0.15) is 9.96 Å². The number of nitrogens with two attached hydrogens (primary N) is 1. The number of sulfonamides is 1. The zero-order valence-corrected chi connectivity index (χ0v) is 17.7. The Kier molecular flexibility index (Phi) is 4.97. The predicted molar refractivity (Wildman–Crippen MR) is 119 cm³/mol. The second-order valence-corrected chi connectivity index (χ2v) is 9.36. The van der Waals surface area contributed by atoms with Crippen LogP contribution in [0.5, 0.6) is 5.75 Å². The normalized spacial score (nSPS) is 11.7. The number of hydrogen-bond acceptors (Lipinski definition) is 5. The van der Waals surface area contributed by atoms with Gasteiger partial charge in [0.25, 0.3) is 10.0 Å². The average molecular weight is 428 g/mol. The van der Waals surface area contributed by atoms with Crippen LogP contribution in [0.2, 0.25) is 0 Å². The van der Waals surface area contributed by atoms with Gasteiger partial charge < -0.3 is 15.0 Å². The van der Waals surface area contributed by atoms with Crippen molar-refractivity contribution in [1.82, 2.24) is 4.57 Å². The molecule has 0 spiro atoms. The van der Waals surface area contributed by atoms with Crippen LogP contribution in [0.25, 0.3) is 22.2 Å². The third-order valence-electron chi connectivity index (χ3n) is 4.80. The molecule has 150 valence electrons. The van der Waals surface area contributed by atoms with Gasteiger partial charge in [0.15, 0.2) is 0 Å². The first-order chi connectivity index (χ1) is 13.9. The van der Waals surface area contributed by atoms with Crippen molar-refractivity contribution < 1.29 is 13.2 Å². The van der Waals surface area contributed by atoms with Crippen molar-refractivity contribution in [3.63, 3.8) is 0 Å². The average Bonchev–Trinajstić information content (AvgIpc) is 3.35. The fraction of sp³-hybridized carbons (Fsp3) is 0.143. The number of benzene rings is 2. The Morgan fingerprint density at radius 2 is 1.90 bits per heavy atom. The molecule has 4 aromatic rings. The maximum Gasteiger partial charge on any atom is 0.271 e. The van der Waals surface area contributed by atoms with Crippen LogP contribution in [0.15, 0.2) is 64.2 Å². The number of thiophene rings is 1. The lowest BCUT2D eigenvalue weighted by atomic mass is 10.1. The van der Waals surface area contributed by atoms with E-state index in [1.165, 1.54) is 11.3 Å². The Morgan fingerprint density at radius 3 is 2.52 bits per heavy atom. The smallest absolute Gasteiger partial charge is 0.271 e. The van der Waals surface area contributed by atoms with Crippen molar-refractivity contribution in [2.45, 2.75) is 17.7 Å². The van der Waals surface area contributed by atoms with E-state index in [2.05, 4.69) is 16.2 Å². The van der Waals surface area contributed by atoms with Crippen LogP contribution in [0.4, 0.5) is 11.4 Å². The molecule has 0 fully saturated rings. The number of nitrogens with one attached hydrogen (secondary N) is 1. The van der Waals surface area contributed by atoms with Gasteiger partial charge in [0.2, 0.25) is 0 Å². The number of rotatable bonds is 6. The van der Waals surface area contributed by atoms with Crippen molar-refractivity contribution >= 4 is 43.6 Å². The van der Waals surface area contributed by atoms with Gasteiger partial charge in [-0.25, -0.2) is 8.42 Å². The van der Waals surface area contributed by atoms with Crippen molar-refractivity contribution in [3.8, 4) is 17.0 Å². The molecule has 0 unspecified atom stereocenters. The summed E-state index contributed by atoms with van der Waals surface area (Å²) in [6.45, 7) is 2.80. The van der Waals surface area contributed by atoms with Gasteiger partial charge in [0.05, 0.1) is 24.0 Å². The second kappa shape index (κ2) is 7.46. The Bertz CT molecular complexity index is 1260. The SMILES string of the molecule is CCn1c(-c2ccc(NS(=O)(=O)c3cccs3)cc2)c(N)c2ccc(OC)cc21. The third kappa shape index (κ3) is 3.45. The summed E-state index contributed by atoms with van der Waals surface area (Å²) in [6.07, 6.45) is 0. The zero-order valence-electron chi connectivity index (χ0n) is 16.0.